The highest BCUT2D eigenvalue weighted by Gasteiger charge is 2.51. The van der Waals surface area contributed by atoms with E-state index >= 15 is 0 Å². The lowest BCUT2D eigenvalue weighted by atomic mass is 9.70. The maximum absolute atomic E-state index is 12.9. The number of ether oxygens (including phenoxy) is 2. The molecule has 0 saturated heterocycles. The van der Waals surface area contributed by atoms with E-state index in [0.29, 0.717) is 5.56 Å². The molecule has 6 heteroatoms. The van der Waals surface area contributed by atoms with E-state index in [2.05, 4.69) is 51.0 Å². The molecule has 168 valence electrons. The zero-order chi connectivity index (χ0) is 22.9. The Morgan fingerprint density at radius 1 is 1.13 bits per heavy atom. The standard InChI is InChI=1S/C25H35NO4Si/c1-24(2,3)31(6,7)30-21-15-11-14-19-22(21)20(16-17-25(19,28-4)29-5)26-23(27)18-12-9-8-10-13-18/h8-13,15-17,19,21-22H,14H2,1-7H3/t19-,21+,22+/m0/s1. The molecule has 0 N–H and O–H groups in total. The van der Waals surface area contributed by atoms with Crippen LogP contribution in [-0.4, -0.2) is 46.0 Å². The van der Waals surface area contributed by atoms with E-state index in [1.54, 1.807) is 26.4 Å². The van der Waals surface area contributed by atoms with Gasteiger partial charge in [-0.25, -0.2) is 4.99 Å². The van der Waals surface area contributed by atoms with Gasteiger partial charge in [0, 0.05) is 31.6 Å². The lowest BCUT2D eigenvalue weighted by molar-refractivity contribution is -0.216. The van der Waals surface area contributed by atoms with Gasteiger partial charge in [0.1, 0.15) is 0 Å². The molecule has 2 aliphatic rings. The molecule has 1 amide bonds. The van der Waals surface area contributed by atoms with Crippen molar-refractivity contribution in [1.82, 2.24) is 0 Å². The van der Waals surface area contributed by atoms with E-state index < -0.39 is 14.1 Å². The molecular formula is C25H35NO4Si. The molecule has 1 aromatic rings. The smallest absolute Gasteiger partial charge is 0.277 e. The molecule has 0 bridgehead atoms. The normalized spacial score (nSPS) is 26.7. The predicted octanol–water partition coefficient (Wildman–Crippen LogP) is 5.41. The highest BCUT2D eigenvalue weighted by Crippen LogP contribution is 2.46. The molecule has 0 fully saturated rings. The first kappa shape index (κ1) is 23.8. The van der Waals surface area contributed by atoms with Crippen molar-refractivity contribution in [3.8, 4) is 0 Å². The van der Waals surface area contributed by atoms with Crippen molar-refractivity contribution in [1.29, 1.82) is 0 Å². The number of carbonyl (C=O) groups excluding carboxylic acids is 1. The summed E-state index contributed by atoms with van der Waals surface area (Å²) >= 11 is 0. The lowest BCUT2D eigenvalue weighted by Gasteiger charge is -2.49. The minimum absolute atomic E-state index is 0.0467. The zero-order valence-corrected chi connectivity index (χ0v) is 20.7. The number of rotatable bonds is 5. The molecule has 5 nitrogen and oxygen atoms in total. The molecule has 1 aromatic carbocycles. The van der Waals surface area contributed by atoms with E-state index in [4.69, 9.17) is 13.9 Å². The number of fused-ring (bicyclic) bond motifs is 1. The molecule has 0 radical (unpaired) electrons. The van der Waals surface area contributed by atoms with Crippen molar-refractivity contribution in [2.24, 2.45) is 16.8 Å². The van der Waals surface area contributed by atoms with E-state index in [1.165, 1.54) is 0 Å². The quantitative estimate of drug-likeness (QED) is 0.348. The maximum atomic E-state index is 12.9. The molecule has 0 heterocycles. The summed E-state index contributed by atoms with van der Waals surface area (Å²) in [5, 5.41) is 0.0645. The predicted molar refractivity (Wildman–Crippen MR) is 127 cm³/mol. The number of aliphatic imine (C=N–C) groups is 1. The van der Waals surface area contributed by atoms with Crippen LogP contribution in [0.1, 0.15) is 37.6 Å². The number of carbonyl (C=O) groups is 1. The number of benzene rings is 1. The minimum Gasteiger partial charge on any atom is -0.410 e. The fourth-order valence-electron chi connectivity index (χ4n) is 4.11. The van der Waals surface area contributed by atoms with Crippen LogP contribution < -0.4 is 0 Å². The minimum atomic E-state index is -2.07. The first-order valence-electron chi connectivity index (χ1n) is 10.9. The molecule has 0 aromatic heterocycles. The fraction of sp³-hybridized carbons (Fsp3) is 0.520. The molecule has 3 rings (SSSR count). The third-order valence-corrected chi connectivity index (χ3v) is 11.4. The highest BCUT2D eigenvalue weighted by molar-refractivity contribution is 6.74. The Labute approximate surface area is 187 Å². The number of methoxy groups -OCH3 is 2. The average Bonchev–Trinajstić information content (AvgIpc) is 2.74. The number of nitrogens with zero attached hydrogens (tertiary/aromatic N) is 1. The second-order valence-electron chi connectivity index (χ2n) is 9.81. The van der Waals surface area contributed by atoms with Crippen molar-refractivity contribution in [2.75, 3.05) is 14.2 Å². The van der Waals surface area contributed by atoms with Crippen LogP contribution in [-0.2, 0) is 13.9 Å². The summed E-state index contributed by atoms with van der Waals surface area (Å²) in [5.74, 6) is -1.31. The van der Waals surface area contributed by atoms with E-state index in [-0.39, 0.29) is 28.9 Å². The van der Waals surface area contributed by atoms with Crippen LogP contribution in [0.15, 0.2) is 59.6 Å². The van der Waals surface area contributed by atoms with Crippen molar-refractivity contribution in [3.63, 3.8) is 0 Å². The molecule has 0 aliphatic heterocycles. The summed E-state index contributed by atoms with van der Waals surface area (Å²) in [5.41, 5.74) is 1.29. The van der Waals surface area contributed by atoms with Gasteiger partial charge in [0.15, 0.2) is 14.1 Å². The van der Waals surface area contributed by atoms with Crippen LogP contribution in [0, 0.1) is 11.8 Å². The second-order valence-corrected chi connectivity index (χ2v) is 14.6. The molecule has 0 saturated carbocycles. The lowest BCUT2D eigenvalue weighted by Crippen LogP contribution is -2.55. The van der Waals surface area contributed by atoms with Crippen LogP contribution in [0.25, 0.3) is 0 Å². The van der Waals surface area contributed by atoms with Gasteiger partial charge in [-0.2, -0.15) is 0 Å². The molecule has 3 atom stereocenters. The summed E-state index contributed by atoms with van der Waals surface area (Å²) in [6, 6.07) is 9.16. The Morgan fingerprint density at radius 2 is 1.77 bits per heavy atom. The summed E-state index contributed by atoms with van der Waals surface area (Å²) in [6.07, 6.45) is 8.58. The largest absolute Gasteiger partial charge is 0.410 e. The second kappa shape index (κ2) is 8.94. The summed E-state index contributed by atoms with van der Waals surface area (Å²) in [6.45, 7) is 11.2. The zero-order valence-electron chi connectivity index (χ0n) is 19.7. The van der Waals surface area contributed by atoms with Gasteiger partial charge in [0.2, 0.25) is 0 Å². The van der Waals surface area contributed by atoms with E-state index in [9.17, 15) is 4.79 Å². The van der Waals surface area contributed by atoms with Crippen LogP contribution >= 0.6 is 0 Å². The van der Waals surface area contributed by atoms with Crippen LogP contribution in [0.4, 0.5) is 0 Å². The van der Waals surface area contributed by atoms with Crippen molar-refractivity contribution in [2.45, 2.75) is 57.2 Å². The van der Waals surface area contributed by atoms with E-state index in [1.807, 2.05) is 30.4 Å². The molecule has 0 spiro atoms. The molecule has 2 aliphatic carbocycles. The van der Waals surface area contributed by atoms with Crippen LogP contribution in [0.2, 0.25) is 18.1 Å². The third-order valence-electron chi connectivity index (χ3n) is 6.97. The average molecular weight is 442 g/mol. The molecular weight excluding hydrogens is 406 g/mol. The SMILES string of the molecule is COC1(OC)C=CC(=NC(=O)c2ccccc2)[C@@H]2[C@H](O[Si](C)(C)C(C)(C)C)C=CC[C@@H]21. The van der Waals surface area contributed by atoms with Crippen LogP contribution in [0.5, 0.6) is 0 Å². The Kier molecular flexibility index (Phi) is 6.86. The number of amides is 1. The Balaban J connectivity index is 2.05. The number of allylic oxidation sites excluding steroid dienone is 2. The van der Waals surface area contributed by atoms with Crippen LogP contribution in [0.3, 0.4) is 0 Å². The Bertz CT molecular complexity index is 879. The van der Waals surface area contributed by atoms with Gasteiger partial charge < -0.3 is 13.9 Å². The fourth-order valence-corrected chi connectivity index (χ4v) is 5.37. The first-order chi connectivity index (χ1) is 14.5. The van der Waals surface area contributed by atoms with Gasteiger partial charge in [0.05, 0.1) is 11.8 Å². The molecule has 0 unspecified atom stereocenters. The number of hydrogen-bond donors (Lipinski definition) is 0. The highest BCUT2D eigenvalue weighted by atomic mass is 28.4. The Hall–Kier alpha value is -1.86. The van der Waals surface area contributed by atoms with Crippen molar-refractivity contribution < 1.29 is 18.7 Å². The van der Waals surface area contributed by atoms with Crippen molar-refractivity contribution >= 4 is 19.9 Å². The summed E-state index contributed by atoms with van der Waals surface area (Å²) < 4.78 is 18.5. The molecule has 31 heavy (non-hydrogen) atoms. The summed E-state index contributed by atoms with van der Waals surface area (Å²) in [7, 11) is 1.25. The third kappa shape index (κ3) is 4.67. The monoisotopic (exact) mass is 441 g/mol. The summed E-state index contributed by atoms with van der Waals surface area (Å²) in [4.78, 5) is 17.5. The van der Waals surface area contributed by atoms with Gasteiger partial charge in [-0.3, -0.25) is 4.79 Å². The van der Waals surface area contributed by atoms with Gasteiger partial charge in [-0.1, -0.05) is 51.1 Å². The maximum Gasteiger partial charge on any atom is 0.277 e. The van der Waals surface area contributed by atoms with Crippen molar-refractivity contribution in [3.05, 3.63) is 60.2 Å². The van der Waals surface area contributed by atoms with Gasteiger partial charge in [-0.15, -0.1) is 0 Å². The van der Waals surface area contributed by atoms with Gasteiger partial charge >= 0.3 is 0 Å². The Morgan fingerprint density at radius 3 is 2.35 bits per heavy atom. The topological polar surface area (TPSA) is 57.1 Å². The van der Waals surface area contributed by atoms with Gasteiger partial charge in [-0.05, 0) is 48.8 Å². The van der Waals surface area contributed by atoms with Gasteiger partial charge in [0.25, 0.3) is 5.91 Å². The number of hydrogen-bond acceptors (Lipinski definition) is 4. The van der Waals surface area contributed by atoms with E-state index in [0.717, 1.165) is 12.1 Å². The first-order valence-corrected chi connectivity index (χ1v) is 13.8.